The first-order valence-corrected chi connectivity index (χ1v) is 14.7. The van der Waals surface area contributed by atoms with Crippen molar-refractivity contribution in [3.05, 3.63) is 52.1 Å². The Morgan fingerprint density at radius 3 is 2.17 bits per heavy atom. The lowest BCUT2D eigenvalue weighted by Gasteiger charge is -2.29. The van der Waals surface area contributed by atoms with Crippen LogP contribution in [0.2, 0.25) is 0 Å². The number of aliphatic carboxylic acids is 1. The summed E-state index contributed by atoms with van der Waals surface area (Å²) >= 11 is 0. The molecule has 0 aromatic heterocycles. The highest BCUT2D eigenvalue weighted by atomic mass is 19.4. The van der Waals surface area contributed by atoms with Gasteiger partial charge < -0.3 is 39.7 Å². The Hall–Kier alpha value is -4.37. The summed E-state index contributed by atoms with van der Waals surface area (Å²) in [6.07, 6.45) is -6.07. The third-order valence-electron chi connectivity index (χ3n) is 7.97. The number of rotatable bonds is 8. The van der Waals surface area contributed by atoms with Crippen LogP contribution in [0.5, 0.6) is 5.75 Å². The molecule has 2 aliphatic heterocycles. The Morgan fingerprint density at radius 1 is 1.09 bits per heavy atom. The zero-order valence-corrected chi connectivity index (χ0v) is 27.7. The number of carboxylic acids is 1. The van der Waals surface area contributed by atoms with Gasteiger partial charge in [0.05, 0.1) is 31.0 Å². The summed E-state index contributed by atoms with van der Waals surface area (Å²) in [6, 6.07) is 7.37. The molecule has 12 nitrogen and oxygen atoms in total. The number of methoxy groups -OCH3 is 2. The molecule has 2 aromatic rings. The summed E-state index contributed by atoms with van der Waals surface area (Å²) in [5.41, 5.74) is 4.62. The topological polar surface area (TPSA) is 156 Å². The van der Waals surface area contributed by atoms with Crippen molar-refractivity contribution in [3.8, 4) is 5.75 Å². The number of β-amino-alcohol motifs (C(OH)–C–C–N with tert-alkyl or cyclic N) is 1. The smallest absolute Gasteiger partial charge is 0.490 e. The minimum absolute atomic E-state index is 0.0127. The standard InChI is InChI=1S/C30H41N5O5.C2HF3O2/c1-30(2,3)21-9-17(10-23(27(21)40-8)34-15-25(37)26(16-34)39-7)24(36)14-35-13-18-11-22(33(5)6)20(29(38)32-4)12-19(18)28(35)31;3-2(4,5)1(6)7/h9-12,25-26,31,37H,13-16H2,1-8H3,(H,32,38);(H,6,7)/t25-,26-;/m1./s1. The first kappa shape index (κ1) is 37.1. The molecule has 2 heterocycles. The maximum atomic E-state index is 13.8. The van der Waals surface area contributed by atoms with Crippen LogP contribution in [0, 0.1) is 5.41 Å². The largest absolute Gasteiger partial charge is 0.494 e. The van der Waals surface area contributed by atoms with Crippen molar-refractivity contribution in [2.24, 2.45) is 0 Å². The van der Waals surface area contributed by atoms with Crippen LogP contribution in [-0.4, -0.2) is 112 Å². The fraction of sp³-hybridized carbons (Fsp3) is 0.500. The summed E-state index contributed by atoms with van der Waals surface area (Å²) in [5.74, 6) is -2.22. The molecule has 2 aromatic carbocycles. The van der Waals surface area contributed by atoms with Crippen molar-refractivity contribution >= 4 is 34.9 Å². The molecule has 1 amide bonds. The van der Waals surface area contributed by atoms with E-state index in [1.54, 1.807) is 32.2 Å². The maximum Gasteiger partial charge on any atom is 0.490 e. The first-order chi connectivity index (χ1) is 21.7. The van der Waals surface area contributed by atoms with E-state index in [1.165, 1.54) is 0 Å². The number of halogens is 3. The number of amidine groups is 1. The number of ether oxygens (including phenoxy) is 2. The number of carboxylic acid groups (broad SMARTS) is 1. The van der Waals surface area contributed by atoms with Gasteiger partial charge in [0.15, 0.2) is 5.78 Å². The molecule has 15 heteroatoms. The lowest BCUT2D eigenvalue weighted by atomic mass is 9.84. The number of amides is 1. The van der Waals surface area contributed by atoms with Gasteiger partial charge in [0, 0.05) is 70.3 Å². The van der Waals surface area contributed by atoms with Crippen LogP contribution >= 0.6 is 0 Å². The summed E-state index contributed by atoms with van der Waals surface area (Å²) in [4.78, 5) is 40.8. The lowest BCUT2D eigenvalue weighted by Crippen LogP contribution is -2.31. The molecule has 4 N–H and O–H groups in total. The number of nitrogens with zero attached hydrogens (tertiary/aromatic N) is 3. The zero-order chi connectivity index (χ0) is 35.6. The van der Waals surface area contributed by atoms with Gasteiger partial charge in [-0.1, -0.05) is 20.8 Å². The number of aliphatic hydroxyl groups excluding tert-OH is 1. The minimum atomic E-state index is -5.08. The highest BCUT2D eigenvalue weighted by molar-refractivity contribution is 6.08. The molecule has 0 bridgehead atoms. The van der Waals surface area contributed by atoms with Gasteiger partial charge in [0.1, 0.15) is 17.7 Å². The van der Waals surface area contributed by atoms with Gasteiger partial charge in [-0.05, 0) is 35.2 Å². The number of hydrogen-bond donors (Lipinski definition) is 4. The van der Waals surface area contributed by atoms with Gasteiger partial charge in [-0.3, -0.25) is 15.0 Å². The lowest BCUT2D eigenvalue weighted by molar-refractivity contribution is -0.192. The van der Waals surface area contributed by atoms with E-state index in [-0.39, 0.29) is 35.6 Å². The van der Waals surface area contributed by atoms with Gasteiger partial charge in [-0.2, -0.15) is 13.2 Å². The Balaban J connectivity index is 0.000000771. The number of alkyl halides is 3. The monoisotopic (exact) mass is 665 g/mol. The van der Waals surface area contributed by atoms with E-state index in [1.807, 2.05) is 42.1 Å². The highest BCUT2D eigenvalue weighted by Crippen LogP contribution is 2.42. The Bertz CT molecular complexity index is 1540. The number of Topliss-reactive ketones (excluding diaryl/α,β-unsaturated/α-hetero) is 1. The number of anilines is 2. The molecule has 1 fully saturated rings. The summed E-state index contributed by atoms with van der Waals surface area (Å²) in [5, 5.41) is 29.1. The quantitative estimate of drug-likeness (QED) is 0.309. The molecule has 2 atom stereocenters. The zero-order valence-electron chi connectivity index (χ0n) is 27.7. The molecule has 2 aliphatic rings. The van der Waals surface area contributed by atoms with Crippen molar-refractivity contribution in [1.82, 2.24) is 10.2 Å². The van der Waals surface area contributed by atoms with Crippen LogP contribution < -0.4 is 19.9 Å². The Kier molecular flexibility index (Phi) is 11.2. The van der Waals surface area contributed by atoms with Crippen molar-refractivity contribution in [3.63, 3.8) is 0 Å². The molecule has 0 saturated carbocycles. The normalized spacial score (nSPS) is 17.6. The number of aliphatic hydroxyl groups is 1. The molecule has 1 saturated heterocycles. The molecule has 0 unspecified atom stereocenters. The SMILES string of the molecule is CNC(=O)c1cc2c(cc1N(C)C)CN(CC(=O)c1cc(N3C[C@@H](O)[C@H](OC)C3)c(OC)c(C(C)(C)C)c1)C2=N.O=C(O)C(F)(F)F. The Morgan fingerprint density at radius 2 is 1.70 bits per heavy atom. The number of carbonyl (C=O) groups excluding carboxylic acids is 2. The van der Waals surface area contributed by atoms with Gasteiger partial charge in [0.2, 0.25) is 0 Å². The third kappa shape index (κ3) is 8.14. The third-order valence-corrected chi connectivity index (χ3v) is 7.97. The summed E-state index contributed by atoms with van der Waals surface area (Å²) in [6.45, 7) is 7.46. The summed E-state index contributed by atoms with van der Waals surface area (Å²) < 4.78 is 43.0. The first-order valence-electron chi connectivity index (χ1n) is 14.7. The van der Waals surface area contributed by atoms with E-state index in [0.717, 1.165) is 22.5 Å². The van der Waals surface area contributed by atoms with Crippen molar-refractivity contribution < 1.29 is 47.2 Å². The molecule has 0 aliphatic carbocycles. The van der Waals surface area contributed by atoms with Gasteiger partial charge >= 0.3 is 12.1 Å². The number of fused-ring (bicyclic) bond motifs is 1. The minimum Gasteiger partial charge on any atom is -0.494 e. The number of carbonyl (C=O) groups is 3. The number of hydrogen-bond acceptors (Lipinski definition) is 9. The van der Waals surface area contributed by atoms with Crippen LogP contribution in [0.15, 0.2) is 24.3 Å². The van der Waals surface area contributed by atoms with Crippen molar-refractivity contribution in [1.29, 1.82) is 5.41 Å². The van der Waals surface area contributed by atoms with Crippen LogP contribution in [0.4, 0.5) is 24.5 Å². The Labute approximate surface area is 271 Å². The summed E-state index contributed by atoms with van der Waals surface area (Å²) in [7, 11) is 8.53. The number of nitrogens with one attached hydrogen (secondary N) is 2. The van der Waals surface area contributed by atoms with Gasteiger partial charge in [-0.25, -0.2) is 4.79 Å². The number of ketones is 1. The molecule has 0 spiro atoms. The van der Waals surface area contributed by atoms with Crippen LogP contribution in [-0.2, 0) is 21.5 Å². The predicted octanol–water partition coefficient (Wildman–Crippen LogP) is 3.27. The number of benzene rings is 2. The fourth-order valence-electron chi connectivity index (χ4n) is 5.49. The second-order valence-electron chi connectivity index (χ2n) is 12.5. The van der Waals surface area contributed by atoms with E-state index in [2.05, 4.69) is 26.1 Å². The second-order valence-corrected chi connectivity index (χ2v) is 12.5. The van der Waals surface area contributed by atoms with E-state index in [9.17, 15) is 27.9 Å². The van der Waals surface area contributed by atoms with Gasteiger partial charge in [-0.15, -0.1) is 0 Å². The van der Waals surface area contributed by atoms with Gasteiger partial charge in [0.25, 0.3) is 5.91 Å². The fourth-order valence-corrected chi connectivity index (χ4v) is 5.49. The van der Waals surface area contributed by atoms with Crippen LogP contribution in [0.1, 0.15) is 58.2 Å². The second kappa shape index (κ2) is 14.2. The van der Waals surface area contributed by atoms with E-state index in [0.29, 0.717) is 42.1 Å². The van der Waals surface area contributed by atoms with Crippen LogP contribution in [0.3, 0.4) is 0 Å². The molecule has 0 radical (unpaired) electrons. The average molecular weight is 666 g/mol. The maximum absolute atomic E-state index is 13.8. The molecule has 258 valence electrons. The highest BCUT2D eigenvalue weighted by Gasteiger charge is 2.38. The predicted molar refractivity (Wildman–Crippen MR) is 170 cm³/mol. The average Bonchev–Trinajstić information content (AvgIpc) is 3.52. The van der Waals surface area contributed by atoms with E-state index < -0.39 is 18.2 Å². The molecule has 47 heavy (non-hydrogen) atoms. The molecule has 4 rings (SSSR count). The van der Waals surface area contributed by atoms with Crippen LogP contribution in [0.25, 0.3) is 0 Å². The molecular formula is C32H42F3N5O7. The van der Waals surface area contributed by atoms with E-state index >= 15 is 0 Å². The molecular weight excluding hydrogens is 623 g/mol. The van der Waals surface area contributed by atoms with Crippen molar-refractivity contribution in [2.75, 3.05) is 64.8 Å². The van der Waals surface area contributed by atoms with Crippen molar-refractivity contribution in [2.45, 2.75) is 51.1 Å². The van der Waals surface area contributed by atoms with E-state index in [4.69, 9.17) is 24.8 Å².